The number of aryl methyl sites for hydroxylation is 1. The predicted molar refractivity (Wildman–Crippen MR) is 85.1 cm³/mol. The van der Waals surface area contributed by atoms with E-state index >= 15 is 0 Å². The fourth-order valence-corrected chi connectivity index (χ4v) is 3.04. The molecule has 2 heterocycles. The molecule has 3 N–H and O–H groups in total. The van der Waals surface area contributed by atoms with Crippen LogP contribution in [0.15, 0.2) is 30.6 Å². The summed E-state index contributed by atoms with van der Waals surface area (Å²) in [6.45, 7) is 4.83. The number of rotatable bonds is 3. The van der Waals surface area contributed by atoms with E-state index < -0.39 is 0 Å². The highest BCUT2D eigenvalue weighted by Gasteiger charge is 2.07. The molecule has 5 heteroatoms. The van der Waals surface area contributed by atoms with Crippen LogP contribution in [0.3, 0.4) is 0 Å². The highest BCUT2D eigenvalue weighted by atomic mass is 32.1. The van der Waals surface area contributed by atoms with Crippen molar-refractivity contribution in [2.75, 3.05) is 11.1 Å². The van der Waals surface area contributed by atoms with Gasteiger partial charge in [0.1, 0.15) is 17.0 Å². The number of nitrogens with zero attached hydrogens (tertiary/aromatic N) is 2. The Morgan fingerprint density at radius 3 is 2.95 bits per heavy atom. The van der Waals surface area contributed by atoms with E-state index in [4.69, 9.17) is 5.73 Å². The summed E-state index contributed by atoms with van der Waals surface area (Å²) >= 11 is 1.68. The molecule has 20 heavy (non-hydrogen) atoms. The van der Waals surface area contributed by atoms with Gasteiger partial charge in [0.25, 0.3) is 0 Å². The second-order valence-corrected chi connectivity index (χ2v) is 6.02. The minimum absolute atomic E-state index is 0.706. The van der Waals surface area contributed by atoms with E-state index in [1.165, 1.54) is 10.4 Å². The standard InChI is InChI=1S/C15H16N4S/c1-9-6-12-14(18-8-19-15(12)20-9)17-7-11-4-3-5-13(16)10(11)2/h3-6,8H,7,16H2,1-2H3,(H,17,18,19). The third kappa shape index (κ3) is 2.32. The number of thiophene rings is 1. The van der Waals surface area contributed by atoms with Gasteiger partial charge in [-0.1, -0.05) is 12.1 Å². The number of nitrogen functional groups attached to an aromatic ring is 1. The molecule has 0 unspecified atom stereocenters. The molecule has 0 bridgehead atoms. The average Bonchev–Trinajstić information content (AvgIpc) is 2.81. The fraction of sp³-hybridized carbons (Fsp3) is 0.200. The number of anilines is 2. The molecule has 0 radical (unpaired) electrons. The summed E-state index contributed by atoms with van der Waals surface area (Å²) in [5.74, 6) is 0.876. The number of hydrogen-bond acceptors (Lipinski definition) is 5. The number of nitrogens with one attached hydrogen (secondary N) is 1. The Hall–Kier alpha value is -2.14. The minimum atomic E-state index is 0.706. The number of nitrogens with two attached hydrogens (primary N) is 1. The second kappa shape index (κ2) is 5.09. The molecule has 1 aromatic carbocycles. The first kappa shape index (κ1) is 12.9. The van der Waals surface area contributed by atoms with Gasteiger partial charge in [0.2, 0.25) is 0 Å². The highest BCUT2D eigenvalue weighted by Crippen LogP contribution is 2.28. The lowest BCUT2D eigenvalue weighted by atomic mass is 10.1. The first-order valence-electron chi connectivity index (χ1n) is 6.44. The maximum atomic E-state index is 5.93. The van der Waals surface area contributed by atoms with Crippen LogP contribution in [0.4, 0.5) is 11.5 Å². The smallest absolute Gasteiger partial charge is 0.138 e. The molecule has 0 aliphatic heterocycles. The quantitative estimate of drug-likeness (QED) is 0.722. The molecule has 0 saturated carbocycles. The molecule has 2 aromatic heterocycles. The van der Waals surface area contributed by atoms with Crippen molar-refractivity contribution in [2.24, 2.45) is 0 Å². The van der Waals surface area contributed by atoms with Gasteiger partial charge >= 0.3 is 0 Å². The molecule has 0 aliphatic carbocycles. The Balaban J connectivity index is 1.88. The van der Waals surface area contributed by atoms with Gasteiger partial charge < -0.3 is 11.1 Å². The van der Waals surface area contributed by atoms with Crippen LogP contribution in [-0.2, 0) is 6.54 Å². The summed E-state index contributed by atoms with van der Waals surface area (Å²) in [6.07, 6.45) is 1.60. The molecule has 3 aromatic rings. The minimum Gasteiger partial charge on any atom is -0.399 e. The third-order valence-corrected chi connectivity index (χ3v) is 4.35. The number of fused-ring (bicyclic) bond motifs is 1. The molecule has 0 amide bonds. The zero-order chi connectivity index (χ0) is 14.1. The van der Waals surface area contributed by atoms with Gasteiger partial charge in [0.15, 0.2) is 0 Å². The van der Waals surface area contributed by atoms with Gasteiger partial charge in [-0.2, -0.15) is 0 Å². The SMILES string of the molecule is Cc1cc2c(NCc3cccc(N)c3C)ncnc2s1. The maximum Gasteiger partial charge on any atom is 0.138 e. The Morgan fingerprint density at radius 1 is 1.25 bits per heavy atom. The fourth-order valence-electron chi connectivity index (χ4n) is 2.19. The summed E-state index contributed by atoms with van der Waals surface area (Å²) in [5, 5.41) is 4.47. The van der Waals surface area contributed by atoms with Crippen LogP contribution in [0.5, 0.6) is 0 Å². The van der Waals surface area contributed by atoms with Crippen LogP contribution in [0.25, 0.3) is 10.2 Å². The zero-order valence-electron chi connectivity index (χ0n) is 11.5. The topological polar surface area (TPSA) is 63.8 Å². The van der Waals surface area contributed by atoms with Crippen LogP contribution in [-0.4, -0.2) is 9.97 Å². The van der Waals surface area contributed by atoms with Crippen molar-refractivity contribution < 1.29 is 0 Å². The van der Waals surface area contributed by atoms with E-state index in [1.54, 1.807) is 17.7 Å². The van der Waals surface area contributed by atoms with Crippen LogP contribution in [0, 0.1) is 13.8 Å². The van der Waals surface area contributed by atoms with E-state index in [1.807, 2.05) is 19.1 Å². The number of aromatic nitrogens is 2. The first-order valence-corrected chi connectivity index (χ1v) is 7.26. The molecule has 0 spiro atoms. The molecule has 0 aliphatic rings. The lowest BCUT2D eigenvalue weighted by molar-refractivity contribution is 1.09. The van der Waals surface area contributed by atoms with Gasteiger partial charge in [-0.05, 0) is 37.1 Å². The van der Waals surface area contributed by atoms with E-state index in [9.17, 15) is 0 Å². The van der Waals surface area contributed by atoms with Crippen LogP contribution in [0.2, 0.25) is 0 Å². The van der Waals surface area contributed by atoms with Crippen molar-refractivity contribution in [3.8, 4) is 0 Å². The van der Waals surface area contributed by atoms with Crippen LogP contribution in [0.1, 0.15) is 16.0 Å². The summed E-state index contributed by atoms with van der Waals surface area (Å²) in [5.41, 5.74) is 9.06. The van der Waals surface area contributed by atoms with Gasteiger partial charge in [-0.25, -0.2) is 9.97 Å². The maximum absolute atomic E-state index is 5.93. The van der Waals surface area contributed by atoms with Gasteiger partial charge in [-0.3, -0.25) is 0 Å². The molecule has 102 valence electrons. The van der Waals surface area contributed by atoms with Crippen LogP contribution < -0.4 is 11.1 Å². The Kier molecular flexibility index (Phi) is 3.28. The van der Waals surface area contributed by atoms with E-state index in [0.29, 0.717) is 6.54 Å². The monoisotopic (exact) mass is 284 g/mol. The number of hydrogen-bond donors (Lipinski definition) is 2. The Morgan fingerprint density at radius 2 is 2.10 bits per heavy atom. The Bertz CT molecular complexity index is 764. The van der Waals surface area contributed by atoms with E-state index in [0.717, 1.165) is 27.3 Å². The predicted octanol–water partition coefficient (Wildman–Crippen LogP) is 3.50. The largest absolute Gasteiger partial charge is 0.399 e. The molecular weight excluding hydrogens is 268 g/mol. The lowest BCUT2D eigenvalue weighted by Crippen LogP contribution is -2.04. The molecule has 3 rings (SSSR count). The summed E-state index contributed by atoms with van der Waals surface area (Å²) in [7, 11) is 0. The zero-order valence-corrected chi connectivity index (χ0v) is 12.3. The summed E-state index contributed by atoms with van der Waals surface area (Å²) in [4.78, 5) is 10.9. The Labute approximate surface area is 121 Å². The van der Waals surface area contributed by atoms with Crippen molar-refractivity contribution >= 4 is 33.1 Å². The molecule has 0 fully saturated rings. The molecule has 0 saturated heterocycles. The summed E-state index contributed by atoms with van der Waals surface area (Å²) < 4.78 is 0. The van der Waals surface area contributed by atoms with Gasteiger partial charge in [0.05, 0.1) is 5.39 Å². The summed E-state index contributed by atoms with van der Waals surface area (Å²) in [6, 6.07) is 8.10. The van der Waals surface area contributed by atoms with E-state index in [2.05, 4.69) is 34.3 Å². The normalized spacial score (nSPS) is 10.9. The van der Waals surface area contributed by atoms with Crippen LogP contribution >= 0.6 is 11.3 Å². The highest BCUT2D eigenvalue weighted by molar-refractivity contribution is 7.18. The molecular formula is C15H16N4S. The number of benzene rings is 1. The van der Waals surface area contributed by atoms with Crippen molar-refractivity contribution in [2.45, 2.75) is 20.4 Å². The van der Waals surface area contributed by atoms with Gasteiger partial charge in [0, 0.05) is 17.1 Å². The van der Waals surface area contributed by atoms with Crippen molar-refractivity contribution in [1.82, 2.24) is 9.97 Å². The van der Waals surface area contributed by atoms with Gasteiger partial charge in [-0.15, -0.1) is 11.3 Å². The molecule has 0 atom stereocenters. The third-order valence-electron chi connectivity index (χ3n) is 3.39. The molecule has 4 nitrogen and oxygen atoms in total. The first-order chi connectivity index (χ1) is 9.65. The van der Waals surface area contributed by atoms with Crippen molar-refractivity contribution in [3.63, 3.8) is 0 Å². The lowest BCUT2D eigenvalue weighted by Gasteiger charge is -2.10. The average molecular weight is 284 g/mol. The van der Waals surface area contributed by atoms with Crippen molar-refractivity contribution in [1.29, 1.82) is 0 Å². The van der Waals surface area contributed by atoms with E-state index in [-0.39, 0.29) is 0 Å². The second-order valence-electron chi connectivity index (χ2n) is 4.78. The van der Waals surface area contributed by atoms with Crippen molar-refractivity contribution in [3.05, 3.63) is 46.6 Å².